The third kappa shape index (κ3) is 7.75. The van der Waals surface area contributed by atoms with E-state index >= 15 is 0 Å². The Kier molecular flexibility index (Phi) is 8.78. The fraction of sp³-hybridized carbons (Fsp3) is 0.417. The van der Waals surface area contributed by atoms with Crippen LogP contribution in [0, 0.1) is 6.92 Å². The quantitative estimate of drug-likeness (QED) is 0.568. The number of rotatable bonds is 8. The molecule has 0 heterocycles. The molecule has 1 N–H and O–H groups in total. The van der Waals surface area contributed by atoms with E-state index in [0.29, 0.717) is 28.8 Å². The summed E-state index contributed by atoms with van der Waals surface area (Å²) in [5, 5.41) is 3.78. The molecular formula is C24H30Cl2N2O3. The fourth-order valence-electron chi connectivity index (χ4n) is 3.08. The smallest absolute Gasteiger partial charge is 0.261 e. The van der Waals surface area contributed by atoms with Gasteiger partial charge in [-0.2, -0.15) is 0 Å². The lowest BCUT2D eigenvalue weighted by atomic mass is 10.1. The Morgan fingerprint density at radius 3 is 2.29 bits per heavy atom. The summed E-state index contributed by atoms with van der Waals surface area (Å²) in [5.41, 5.74) is 1.65. The molecule has 2 aromatic rings. The number of aryl methyl sites for hydroxylation is 1. The van der Waals surface area contributed by atoms with Crippen LogP contribution in [-0.2, 0) is 16.1 Å². The minimum absolute atomic E-state index is 0.194. The zero-order valence-corrected chi connectivity index (χ0v) is 20.2. The maximum atomic E-state index is 13.2. The highest BCUT2D eigenvalue weighted by Gasteiger charge is 2.31. The summed E-state index contributed by atoms with van der Waals surface area (Å²) in [7, 11) is 0. The molecule has 0 aliphatic heterocycles. The molecule has 2 amide bonds. The van der Waals surface area contributed by atoms with Gasteiger partial charge in [-0.15, -0.1) is 0 Å². The zero-order chi connectivity index (χ0) is 23.2. The molecule has 2 rings (SSSR count). The first-order valence-corrected chi connectivity index (χ1v) is 11.0. The number of hydrogen-bond acceptors (Lipinski definition) is 3. The maximum absolute atomic E-state index is 13.2. The van der Waals surface area contributed by atoms with Crippen LogP contribution in [0.5, 0.6) is 5.75 Å². The Balaban J connectivity index is 2.24. The summed E-state index contributed by atoms with van der Waals surface area (Å²) in [6, 6.07) is 12.1. The largest absolute Gasteiger partial charge is 0.482 e. The number of ether oxygens (including phenoxy) is 1. The number of halogens is 2. The molecule has 0 spiro atoms. The second-order valence-electron chi connectivity index (χ2n) is 8.53. The lowest BCUT2D eigenvalue weighted by Gasteiger charge is -2.33. The molecule has 1 atom stereocenters. The van der Waals surface area contributed by atoms with E-state index in [1.54, 1.807) is 23.1 Å². The highest BCUT2D eigenvalue weighted by atomic mass is 35.5. The minimum atomic E-state index is -0.627. The molecule has 31 heavy (non-hydrogen) atoms. The number of carbonyl (C=O) groups excluding carboxylic acids is 2. The summed E-state index contributed by atoms with van der Waals surface area (Å²) in [6.45, 7) is 9.68. The Morgan fingerprint density at radius 2 is 1.74 bits per heavy atom. The van der Waals surface area contributed by atoms with Gasteiger partial charge in [0, 0.05) is 17.1 Å². The molecular weight excluding hydrogens is 435 g/mol. The molecule has 0 fully saturated rings. The van der Waals surface area contributed by atoms with Crippen molar-refractivity contribution in [3.05, 3.63) is 63.6 Å². The van der Waals surface area contributed by atoms with Gasteiger partial charge in [0.05, 0.1) is 5.02 Å². The molecule has 0 saturated carbocycles. The first kappa shape index (κ1) is 25.0. The number of benzene rings is 2. The molecule has 168 valence electrons. The van der Waals surface area contributed by atoms with Crippen molar-refractivity contribution in [3.8, 4) is 5.75 Å². The number of nitrogens with one attached hydrogen (secondary N) is 1. The van der Waals surface area contributed by atoms with Crippen LogP contribution < -0.4 is 10.1 Å². The van der Waals surface area contributed by atoms with E-state index in [-0.39, 0.29) is 18.4 Å². The van der Waals surface area contributed by atoms with Crippen molar-refractivity contribution in [2.24, 2.45) is 0 Å². The van der Waals surface area contributed by atoms with Gasteiger partial charge in [-0.3, -0.25) is 9.59 Å². The topological polar surface area (TPSA) is 58.6 Å². The van der Waals surface area contributed by atoms with Gasteiger partial charge in [-0.25, -0.2) is 0 Å². The predicted molar refractivity (Wildman–Crippen MR) is 126 cm³/mol. The number of nitrogens with zero attached hydrogens (tertiary/aromatic N) is 1. The highest BCUT2D eigenvalue weighted by Crippen LogP contribution is 2.27. The Morgan fingerprint density at radius 1 is 1.10 bits per heavy atom. The SMILES string of the molecule is CC[C@H](C(=O)NC(C)(C)C)N(Cc1ccc(C)cc1)C(=O)COc1ccc(Cl)cc1Cl. The van der Waals surface area contributed by atoms with E-state index in [2.05, 4.69) is 5.32 Å². The van der Waals surface area contributed by atoms with Crippen molar-refractivity contribution in [2.45, 2.75) is 59.2 Å². The molecule has 0 radical (unpaired) electrons. The van der Waals surface area contributed by atoms with Crippen LogP contribution in [0.2, 0.25) is 10.0 Å². The third-order valence-electron chi connectivity index (χ3n) is 4.60. The van der Waals surface area contributed by atoms with Crippen LogP contribution in [-0.4, -0.2) is 34.9 Å². The summed E-state index contributed by atoms with van der Waals surface area (Å²) < 4.78 is 5.65. The monoisotopic (exact) mass is 464 g/mol. The van der Waals surface area contributed by atoms with Gasteiger partial charge < -0.3 is 15.0 Å². The summed E-state index contributed by atoms with van der Waals surface area (Å²) >= 11 is 12.1. The van der Waals surface area contributed by atoms with E-state index in [1.807, 2.05) is 58.9 Å². The second kappa shape index (κ2) is 10.9. The fourth-order valence-corrected chi connectivity index (χ4v) is 3.54. The van der Waals surface area contributed by atoms with Crippen molar-refractivity contribution < 1.29 is 14.3 Å². The number of carbonyl (C=O) groups is 2. The van der Waals surface area contributed by atoms with Gasteiger partial charge in [-0.05, 0) is 57.9 Å². The van der Waals surface area contributed by atoms with Crippen LogP contribution >= 0.6 is 23.2 Å². The average molecular weight is 465 g/mol. The van der Waals surface area contributed by atoms with Crippen LogP contribution in [0.1, 0.15) is 45.2 Å². The van der Waals surface area contributed by atoms with Gasteiger partial charge in [0.1, 0.15) is 11.8 Å². The van der Waals surface area contributed by atoms with E-state index < -0.39 is 11.6 Å². The zero-order valence-electron chi connectivity index (χ0n) is 18.7. The van der Waals surface area contributed by atoms with Crippen molar-refractivity contribution >= 4 is 35.0 Å². The summed E-state index contributed by atoms with van der Waals surface area (Å²) in [6.07, 6.45) is 0.473. The van der Waals surface area contributed by atoms with Crippen LogP contribution in [0.15, 0.2) is 42.5 Å². The predicted octanol–water partition coefficient (Wildman–Crippen LogP) is 5.40. The maximum Gasteiger partial charge on any atom is 0.261 e. The molecule has 7 heteroatoms. The first-order valence-electron chi connectivity index (χ1n) is 10.2. The lowest BCUT2D eigenvalue weighted by molar-refractivity contribution is -0.143. The number of hydrogen-bond donors (Lipinski definition) is 1. The van der Waals surface area contributed by atoms with Crippen LogP contribution in [0.25, 0.3) is 0 Å². The standard InChI is InChI=1S/C24H30Cl2N2O3/c1-6-20(23(30)27-24(3,4)5)28(14-17-9-7-16(2)8-10-17)22(29)15-31-21-12-11-18(25)13-19(21)26/h7-13,20H,6,14-15H2,1-5H3,(H,27,30)/t20-/m1/s1. The molecule has 0 saturated heterocycles. The summed E-state index contributed by atoms with van der Waals surface area (Å²) in [5.74, 6) is -0.135. The molecule has 0 unspecified atom stereocenters. The van der Waals surface area contributed by atoms with Gasteiger partial charge in [0.2, 0.25) is 5.91 Å². The highest BCUT2D eigenvalue weighted by molar-refractivity contribution is 6.35. The Labute approximate surface area is 194 Å². The Bertz CT molecular complexity index is 908. The number of amides is 2. The van der Waals surface area contributed by atoms with E-state index in [4.69, 9.17) is 27.9 Å². The molecule has 0 aliphatic rings. The molecule has 0 aliphatic carbocycles. The van der Waals surface area contributed by atoms with E-state index in [9.17, 15) is 9.59 Å². The van der Waals surface area contributed by atoms with E-state index in [0.717, 1.165) is 11.1 Å². The van der Waals surface area contributed by atoms with Gasteiger partial charge in [0.15, 0.2) is 6.61 Å². The molecule has 0 aromatic heterocycles. The van der Waals surface area contributed by atoms with Gasteiger partial charge in [0.25, 0.3) is 5.91 Å². The van der Waals surface area contributed by atoms with Crippen LogP contribution in [0.4, 0.5) is 0 Å². The second-order valence-corrected chi connectivity index (χ2v) is 9.38. The molecule has 0 bridgehead atoms. The van der Waals surface area contributed by atoms with Crippen molar-refractivity contribution in [2.75, 3.05) is 6.61 Å². The van der Waals surface area contributed by atoms with Crippen LogP contribution in [0.3, 0.4) is 0 Å². The molecule has 2 aromatic carbocycles. The van der Waals surface area contributed by atoms with Gasteiger partial charge in [-0.1, -0.05) is 60.0 Å². The molecule has 5 nitrogen and oxygen atoms in total. The summed E-state index contributed by atoms with van der Waals surface area (Å²) in [4.78, 5) is 27.7. The third-order valence-corrected chi connectivity index (χ3v) is 5.13. The average Bonchev–Trinajstić information content (AvgIpc) is 2.67. The lowest BCUT2D eigenvalue weighted by Crippen LogP contribution is -2.54. The van der Waals surface area contributed by atoms with Crippen molar-refractivity contribution in [1.29, 1.82) is 0 Å². The van der Waals surface area contributed by atoms with E-state index in [1.165, 1.54) is 0 Å². The first-order chi connectivity index (χ1) is 14.5. The minimum Gasteiger partial charge on any atom is -0.482 e. The normalized spacial score (nSPS) is 12.2. The Hall–Kier alpha value is -2.24. The van der Waals surface area contributed by atoms with Crippen molar-refractivity contribution in [3.63, 3.8) is 0 Å². The van der Waals surface area contributed by atoms with Crippen molar-refractivity contribution in [1.82, 2.24) is 10.2 Å². The van der Waals surface area contributed by atoms with Gasteiger partial charge >= 0.3 is 0 Å².